The average molecular weight is 844 g/mol. The summed E-state index contributed by atoms with van der Waals surface area (Å²) in [6, 6.07) is 89.0. The molecule has 10 aromatic carbocycles. The van der Waals surface area contributed by atoms with E-state index >= 15 is 0 Å². The third kappa shape index (κ3) is 5.98. The summed E-state index contributed by atoms with van der Waals surface area (Å²) in [6.07, 6.45) is 0. The van der Waals surface area contributed by atoms with Gasteiger partial charge in [0, 0.05) is 49.9 Å². The van der Waals surface area contributed by atoms with Gasteiger partial charge in [0.15, 0.2) is 0 Å². The number of benzene rings is 10. The molecule has 0 atom stereocenters. The highest BCUT2D eigenvalue weighted by molar-refractivity contribution is 6.13. The van der Waals surface area contributed by atoms with Crippen LogP contribution < -0.4 is 4.90 Å². The Morgan fingerprint density at radius 1 is 0.288 bits per heavy atom. The third-order valence-electron chi connectivity index (χ3n) is 13.0. The quantitative estimate of drug-likeness (QED) is 0.153. The van der Waals surface area contributed by atoms with Crippen LogP contribution in [0.3, 0.4) is 0 Å². The normalized spacial score (nSPS) is 11.6. The first-order valence-corrected chi connectivity index (χ1v) is 22.5. The number of rotatable bonds is 8. The van der Waals surface area contributed by atoms with Gasteiger partial charge in [0.1, 0.15) is 11.3 Å². The molecule has 13 rings (SSSR count). The van der Waals surface area contributed by atoms with Gasteiger partial charge in [0.25, 0.3) is 0 Å². The average Bonchev–Trinajstić information content (AvgIpc) is 4.07. The van der Waals surface area contributed by atoms with Crippen molar-refractivity contribution in [3.05, 3.63) is 249 Å². The zero-order chi connectivity index (χ0) is 43.6. The lowest BCUT2D eigenvalue weighted by Gasteiger charge is -2.25. The van der Waals surface area contributed by atoms with Gasteiger partial charge in [-0.25, -0.2) is 4.98 Å². The molecule has 3 aromatic heterocycles. The Hall–Kier alpha value is -8.93. The molecule has 0 aliphatic heterocycles. The minimum Gasteiger partial charge on any atom is -0.311 e. The van der Waals surface area contributed by atoms with Gasteiger partial charge in [0.05, 0.1) is 39.0 Å². The largest absolute Gasteiger partial charge is 0.311 e. The van der Waals surface area contributed by atoms with E-state index in [4.69, 9.17) is 4.98 Å². The fraction of sp³-hybridized carbons (Fsp3) is 0. The lowest BCUT2D eigenvalue weighted by atomic mass is 10.0. The minimum atomic E-state index is 0.870. The van der Waals surface area contributed by atoms with Crippen LogP contribution in [0.2, 0.25) is 0 Å². The zero-order valence-electron chi connectivity index (χ0n) is 35.9. The van der Waals surface area contributed by atoms with E-state index in [9.17, 15) is 0 Å². The Balaban J connectivity index is 1.03. The van der Waals surface area contributed by atoms with Crippen molar-refractivity contribution in [2.45, 2.75) is 0 Å². The first kappa shape index (κ1) is 37.6. The van der Waals surface area contributed by atoms with E-state index in [2.05, 4.69) is 267 Å². The molecule has 0 saturated heterocycles. The second-order valence-electron chi connectivity index (χ2n) is 16.8. The maximum Gasteiger partial charge on any atom is 0.145 e. The van der Waals surface area contributed by atoms with Crippen LogP contribution >= 0.6 is 0 Å². The Morgan fingerprint density at radius 2 is 0.652 bits per heavy atom. The summed E-state index contributed by atoms with van der Waals surface area (Å²) in [5.41, 5.74) is 16.3. The number of fused-ring (bicyclic) bond motifs is 7. The van der Waals surface area contributed by atoms with Crippen LogP contribution in [0.4, 0.5) is 17.1 Å². The molecule has 0 bridgehead atoms. The second-order valence-corrected chi connectivity index (χ2v) is 16.8. The van der Waals surface area contributed by atoms with Crippen molar-refractivity contribution in [3.63, 3.8) is 0 Å². The van der Waals surface area contributed by atoms with Gasteiger partial charge in [0.2, 0.25) is 0 Å². The first-order valence-electron chi connectivity index (χ1n) is 22.5. The molecule has 0 N–H and O–H groups in total. The van der Waals surface area contributed by atoms with Crippen molar-refractivity contribution in [1.82, 2.24) is 18.7 Å². The van der Waals surface area contributed by atoms with Crippen LogP contribution in [0.15, 0.2) is 249 Å². The fourth-order valence-corrected chi connectivity index (χ4v) is 10.1. The molecular weight excluding hydrogens is 803 g/mol. The van der Waals surface area contributed by atoms with E-state index in [1.54, 1.807) is 0 Å². The molecule has 0 saturated carbocycles. The Morgan fingerprint density at radius 3 is 1.14 bits per heavy atom. The van der Waals surface area contributed by atoms with Crippen LogP contribution in [0.1, 0.15) is 0 Å². The second kappa shape index (κ2) is 15.4. The van der Waals surface area contributed by atoms with Gasteiger partial charge in [-0.2, -0.15) is 0 Å². The van der Waals surface area contributed by atoms with Gasteiger partial charge in [-0.15, -0.1) is 0 Å². The summed E-state index contributed by atoms with van der Waals surface area (Å²) in [4.78, 5) is 8.07. The van der Waals surface area contributed by atoms with Crippen molar-refractivity contribution in [2.24, 2.45) is 0 Å². The standard InChI is InChI=1S/C61H41N5/c1-4-18-45(19-5-1)63(46-20-6-2-7-21-46)48-38-36-43(37-39-48)42-32-34-44(35-33-42)61-62-59-57(65-53-28-14-10-24-49(53)50-25-11-15-29-54(50)65)40-41-58(60(59)64(61)47-22-8-3-9-23-47)66-55-30-16-12-26-51(55)52-27-13-17-31-56(52)66/h1-41H. The van der Waals surface area contributed by atoms with Crippen LogP contribution in [0.5, 0.6) is 0 Å². The summed E-state index contributed by atoms with van der Waals surface area (Å²) < 4.78 is 7.20. The number of hydrogen-bond donors (Lipinski definition) is 0. The van der Waals surface area contributed by atoms with E-state index in [0.717, 1.165) is 89.7 Å². The number of hydrogen-bond acceptors (Lipinski definition) is 2. The fourth-order valence-electron chi connectivity index (χ4n) is 10.1. The van der Waals surface area contributed by atoms with E-state index < -0.39 is 0 Å². The number of aromatic nitrogens is 4. The van der Waals surface area contributed by atoms with Crippen molar-refractivity contribution in [1.29, 1.82) is 0 Å². The van der Waals surface area contributed by atoms with Crippen LogP contribution in [0.25, 0.3) is 94.2 Å². The smallest absolute Gasteiger partial charge is 0.145 e. The molecule has 0 spiro atoms. The predicted molar refractivity (Wildman–Crippen MR) is 275 cm³/mol. The van der Waals surface area contributed by atoms with E-state index in [-0.39, 0.29) is 0 Å². The number of imidazole rings is 1. The van der Waals surface area contributed by atoms with E-state index in [1.807, 2.05) is 0 Å². The summed E-state index contributed by atoms with van der Waals surface area (Å²) in [5.74, 6) is 0.870. The summed E-state index contributed by atoms with van der Waals surface area (Å²) in [6.45, 7) is 0. The molecule has 0 unspecified atom stereocenters. The van der Waals surface area contributed by atoms with Gasteiger partial charge in [-0.05, 0) is 96.1 Å². The van der Waals surface area contributed by atoms with Gasteiger partial charge < -0.3 is 14.0 Å². The molecule has 0 amide bonds. The van der Waals surface area contributed by atoms with E-state index in [0.29, 0.717) is 0 Å². The molecule has 0 aliphatic rings. The molecule has 0 fully saturated rings. The Kier molecular flexibility index (Phi) is 8.78. The van der Waals surface area contributed by atoms with Gasteiger partial charge in [-0.3, -0.25) is 4.57 Å². The summed E-state index contributed by atoms with van der Waals surface area (Å²) >= 11 is 0. The van der Waals surface area contributed by atoms with Crippen molar-refractivity contribution in [3.8, 4) is 39.6 Å². The van der Waals surface area contributed by atoms with E-state index in [1.165, 1.54) is 21.5 Å². The Labute approximate surface area is 381 Å². The first-order chi connectivity index (χ1) is 32.8. The summed E-state index contributed by atoms with van der Waals surface area (Å²) in [5, 5.41) is 4.86. The van der Waals surface area contributed by atoms with Crippen LogP contribution in [0, 0.1) is 0 Å². The minimum absolute atomic E-state index is 0.870. The van der Waals surface area contributed by atoms with Crippen molar-refractivity contribution < 1.29 is 0 Å². The number of para-hydroxylation sites is 7. The Bertz CT molecular complexity index is 3760. The highest BCUT2D eigenvalue weighted by atomic mass is 15.1. The van der Waals surface area contributed by atoms with Gasteiger partial charge in [-0.1, -0.05) is 164 Å². The zero-order valence-corrected chi connectivity index (χ0v) is 35.9. The predicted octanol–water partition coefficient (Wildman–Crippen LogP) is 16.0. The monoisotopic (exact) mass is 843 g/mol. The van der Waals surface area contributed by atoms with Crippen molar-refractivity contribution in [2.75, 3.05) is 4.90 Å². The molecule has 0 aliphatic carbocycles. The van der Waals surface area contributed by atoms with Crippen LogP contribution in [-0.2, 0) is 0 Å². The molecule has 310 valence electrons. The molecule has 3 heterocycles. The third-order valence-corrected chi connectivity index (χ3v) is 13.0. The molecule has 5 nitrogen and oxygen atoms in total. The summed E-state index contributed by atoms with van der Waals surface area (Å²) in [7, 11) is 0. The lowest BCUT2D eigenvalue weighted by Crippen LogP contribution is -2.09. The molecule has 13 aromatic rings. The topological polar surface area (TPSA) is 30.9 Å². The lowest BCUT2D eigenvalue weighted by molar-refractivity contribution is 1.08. The molecular formula is C61H41N5. The maximum absolute atomic E-state index is 5.77. The maximum atomic E-state index is 5.77. The highest BCUT2D eigenvalue weighted by Gasteiger charge is 2.25. The molecule has 66 heavy (non-hydrogen) atoms. The number of anilines is 3. The SMILES string of the molecule is c1ccc(N(c2ccccc2)c2ccc(-c3ccc(-c4nc5c(-n6c7ccccc7c7ccccc76)ccc(-n6c7ccccc7c7ccccc76)c5n4-c4ccccc4)cc3)cc2)cc1. The highest BCUT2D eigenvalue weighted by Crippen LogP contribution is 2.42. The van der Waals surface area contributed by atoms with Crippen molar-refractivity contribution >= 4 is 71.7 Å². The molecule has 0 radical (unpaired) electrons. The number of nitrogens with zero attached hydrogens (tertiary/aromatic N) is 5. The molecule has 5 heteroatoms. The van der Waals surface area contributed by atoms with Crippen LogP contribution in [-0.4, -0.2) is 18.7 Å². The van der Waals surface area contributed by atoms with Gasteiger partial charge >= 0.3 is 0 Å².